The van der Waals surface area contributed by atoms with Crippen molar-refractivity contribution in [1.29, 1.82) is 0 Å². The van der Waals surface area contributed by atoms with Gasteiger partial charge in [-0.05, 0) is 48.9 Å². The lowest BCUT2D eigenvalue weighted by molar-refractivity contribution is -0.124. The monoisotopic (exact) mass is 236 g/mol. The van der Waals surface area contributed by atoms with Crippen LogP contribution in [-0.2, 0) is 9.59 Å². The van der Waals surface area contributed by atoms with E-state index in [1.165, 1.54) is 12.8 Å². The average molecular weight is 236 g/mol. The molecule has 0 heterocycles. The Balaban J connectivity index is 2.41. The van der Waals surface area contributed by atoms with Crippen molar-refractivity contribution in [2.24, 2.45) is 28.6 Å². The van der Waals surface area contributed by atoms with Gasteiger partial charge in [-0.2, -0.15) is 0 Å². The summed E-state index contributed by atoms with van der Waals surface area (Å²) in [5.41, 5.74) is 0.182. The van der Waals surface area contributed by atoms with Gasteiger partial charge in [0.2, 0.25) is 0 Å². The standard InChI is InChI=1S/C15H24O2/c1-10-5-6-13-14(3,4)12(11(2)17)9-15(10,13)7-8-16/h8,10,12-13H,5-7,9H2,1-4H3/t10-,12+,13+,15+/m1/s1. The van der Waals surface area contributed by atoms with Gasteiger partial charge in [0, 0.05) is 12.3 Å². The lowest BCUT2D eigenvalue weighted by Crippen LogP contribution is -2.32. The number of carbonyl (C=O) groups excluding carboxylic acids is 2. The summed E-state index contributed by atoms with van der Waals surface area (Å²) in [5, 5.41) is 0. The highest BCUT2D eigenvalue weighted by Crippen LogP contribution is 2.67. The van der Waals surface area contributed by atoms with Crippen LogP contribution in [0.4, 0.5) is 0 Å². The number of rotatable bonds is 3. The fourth-order valence-corrected chi connectivity index (χ4v) is 4.93. The van der Waals surface area contributed by atoms with E-state index >= 15 is 0 Å². The minimum Gasteiger partial charge on any atom is -0.303 e. The van der Waals surface area contributed by atoms with Crippen molar-refractivity contribution in [2.45, 2.75) is 53.4 Å². The molecule has 0 amide bonds. The molecule has 2 aliphatic carbocycles. The molecule has 0 aromatic carbocycles. The van der Waals surface area contributed by atoms with Crippen LogP contribution in [0.25, 0.3) is 0 Å². The highest BCUT2D eigenvalue weighted by Gasteiger charge is 2.62. The highest BCUT2D eigenvalue weighted by molar-refractivity contribution is 5.80. The molecule has 0 bridgehead atoms. The van der Waals surface area contributed by atoms with Crippen LogP contribution in [0, 0.1) is 28.6 Å². The first kappa shape index (κ1) is 12.8. The van der Waals surface area contributed by atoms with Crippen LogP contribution < -0.4 is 0 Å². The van der Waals surface area contributed by atoms with Crippen LogP contribution in [0.3, 0.4) is 0 Å². The molecular formula is C15H24O2. The van der Waals surface area contributed by atoms with Crippen LogP contribution in [0.1, 0.15) is 53.4 Å². The molecule has 2 fully saturated rings. The molecule has 2 rings (SSSR count). The van der Waals surface area contributed by atoms with Gasteiger partial charge in [-0.3, -0.25) is 4.79 Å². The molecule has 0 aromatic rings. The summed E-state index contributed by atoms with van der Waals surface area (Å²) in [7, 11) is 0. The zero-order valence-electron chi connectivity index (χ0n) is 11.5. The number of Topliss-reactive ketones (excluding diaryl/α,β-unsaturated/α-hetero) is 1. The fourth-order valence-electron chi connectivity index (χ4n) is 4.93. The number of ketones is 1. The van der Waals surface area contributed by atoms with E-state index in [0.717, 1.165) is 12.7 Å². The summed E-state index contributed by atoms with van der Waals surface area (Å²) in [4.78, 5) is 22.9. The minimum atomic E-state index is 0.0691. The largest absolute Gasteiger partial charge is 0.303 e. The zero-order chi connectivity index (χ0) is 12.8. The van der Waals surface area contributed by atoms with Gasteiger partial charge in [-0.25, -0.2) is 0 Å². The van der Waals surface area contributed by atoms with Crippen molar-refractivity contribution in [1.82, 2.24) is 0 Å². The van der Waals surface area contributed by atoms with Crippen LogP contribution in [0.15, 0.2) is 0 Å². The first-order chi connectivity index (χ1) is 7.86. The number of hydrogen-bond donors (Lipinski definition) is 0. The van der Waals surface area contributed by atoms with Crippen molar-refractivity contribution >= 4 is 12.1 Å². The first-order valence-electron chi connectivity index (χ1n) is 6.80. The van der Waals surface area contributed by atoms with E-state index in [9.17, 15) is 9.59 Å². The molecule has 0 aromatic heterocycles. The fraction of sp³-hybridized carbons (Fsp3) is 0.867. The summed E-state index contributed by atoms with van der Waals surface area (Å²) in [5.74, 6) is 1.59. The molecule has 0 aliphatic heterocycles. The topological polar surface area (TPSA) is 34.1 Å². The summed E-state index contributed by atoms with van der Waals surface area (Å²) >= 11 is 0. The lowest BCUT2D eigenvalue weighted by atomic mass is 9.67. The van der Waals surface area contributed by atoms with E-state index in [1.807, 2.05) is 0 Å². The maximum absolute atomic E-state index is 11.9. The molecule has 2 nitrogen and oxygen atoms in total. The normalized spacial score (nSPS) is 43.4. The Morgan fingerprint density at radius 1 is 1.35 bits per heavy atom. The first-order valence-corrected chi connectivity index (χ1v) is 6.80. The maximum atomic E-state index is 11.9. The lowest BCUT2D eigenvalue weighted by Gasteiger charge is -2.36. The highest BCUT2D eigenvalue weighted by atomic mass is 16.1. The summed E-state index contributed by atoms with van der Waals surface area (Å²) in [6, 6.07) is 0. The Bertz CT molecular complexity index is 345. The van der Waals surface area contributed by atoms with Crippen molar-refractivity contribution < 1.29 is 9.59 Å². The number of carbonyl (C=O) groups is 2. The molecule has 2 aliphatic rings. The minimum absolute atomic E-state index is 0.0691. The molecule has 96 valence electrons. The Morgan fingerprint density at radius 3 is 2.53 bits per heavy atom. The summed E-state index contributed by atoms with van der Waals surface area (Å²) < 4.78 is 0. The van der Waals surface area contributed by atoms with Crippen LogP contribution in [0.5, 0.6) is 0 Å². The van der Waals surface area contributed by atoms with E-state index < -0.39 is 0 Å². The predicted molar refractivity (Wildman–Crippen MR) is 67.6 cm³/mol. The van der Waals surface area contributed by atoms with Gasteiger partial charge in [0.25, 0.3) is 0 Å². The van der Waals surface area contributed by atoms with Crippen LogP contribution in [-0.4, -0.2) is 12.1 Å². The molecular weight excluding hydrogens is 212 g/mol. The molecule has 2 saturated carbocycles. The molecule has 0 spiro atoms. The third-order valence-corrected chi connectivity index (χ3v) is 5.90. The Labute approximate surface area is 104 Å². The third kappa shape index (κ3) is 1.60. The smallest absolute Gasteiger partial charge is 0.133 e. The summed E-state index contributed by atoms with van der Waals surface area (Å²) in [6.07, 6.45) is 5.05. The van der Waals surface area contributed by atoms with Gasteiger partial charge < -0.3 is 4.79 Å². The van der Waals surface area contributed by atoms with E-state index in [0.29, 0.717) is 24.0 Å². The van der Waals surface area contributed by atoms with Crippen molar-refractivity contribution in [3.8, 4) is 0 Å². The second-order valence-electron chi connectivity index (χ2n) is 6.82. The van der Waals surface area contributed by atoms with Crippen LogP contribution >= 0.6 is 0 Å². The van der Waals surface area contributed by atoms with Gasteiger partial charge in [-0.1, -0.05) is 20.8 Å². The molecule has 0 unspecified atom stereocenters. The van der Waals surface area contributed by atoms with Crippen molar-refractivity contribution in [3.63, 3.8) is 0 Å². The number of aldehydes is 1. The number of hydrogen-bond acceptors (Lipinski definition) is 2. The Kier molecular flexibility index (Phi) is 2.95. The summed E-state index contributed by atoms with van der Waals surface area (Å²) in [6.45, 7) is 8.44. The van der Waals surface area contributed by atoms with Gasteiger partial charge in [0.15, 0.2) is 0 Å². The van der Waals surface area contributed by atoms with Crippen LogP contribution in [0.2, 0.25) is 0 Å². The SMILES string of the molecule is CC(=O)[C@@H]1C[C@@]2(CC=O)[C@H](C)CC[C@H]2C1(C)C. The quantitative estimate of drug-likeness (QED) is 0.705. The second-order valence-corrected chi connectivity index (χ2v) is 6.82. The molecule has 4 atom stereocenters. The molecule has 0 radical (unpaired) electrons. The second kappa shape index (κ2) is 3.93. The Morgan fingerprint density at radius 2 is 2.00 bits per heavy atom. The van der Waals surface area contributed by atoms with E-state index in [4.69, 9.17) is 0 Å². The van der Waals surface area contributed by atoms with E-state index in [1.54, 1.807) is 6.92 Å². The van der Waals surface area contributed by atoms with Gasteiger partial charge in [0.1, 0.15) is 12.1 Å². The average Bonchev–Trinajstić information content (AvgIpc) is 2.64. The Hall–Kier alpha value is -0.660. The maximum Gasteiger partial charge on any atom is 0.133 e. The van der Waals surface area contributed by atoms with E-state index in [-0.39, 0.29) is 16.7 Å². The molecule has 0 N–H and O–H groups in total. The third-order valence-electron chi connectivity index (χ3n) is 5.90. The molecule has 0 saturated heterocycles. The van der Waals surface area contributed by atoms with E-state index in [2.05, 4.69) is 20.8 Å². The molecule has 17 heavy (non-hydrogen) atoms. The number of fused-ring (bicyclic) bond motifs is 1. The molecule has 2 heteroatoms. The van der Waals surface area contributed by atoms with Gasteiger partial charge in [-0.15, -0.1) is 0 Å². The van der Waals surface area contributed by atoms with Gasteiger partial charge >= 0.3 is 0 Å². The van der Waals surface area contributed by atoms with Gasteiger partial charge in [0.05, 0.1) is 0 Å². The predicted octanol–water partition coefficient (Wildman–Crippen LogP) is 3.24. The zero-order valence-corrected chi connectivity index (χ0v) is 11.5. The van der Waals surface area contributed by atoms with Crippen molar-refractivity contribution in [3.05, 3.63) is 0 Å². The van der Waals surface area contributed by atoms with Crippen molar-refractivity contribution in [2.75, 3.05) is 0 Å².